The monoisotopic (exact) mass is 264 g/mol. The van der Waals surface area contributed by atoms with Crippen LogP contribution in [0.3, 0.4) is 0 Å². The molecule has 3 N–H and O–H groups in total. The van der Waals surface area contributed by atoms with Crippen molar-refractivity contribution in [2.75, 3.05) is 5.75 Å². The van der Waals surface area contributed by atoms with Crippen molar-refractivity contribution in [1.29, 1.82) is 0 Å². The fourth-order valence-electron chi connectivity index (χ4n) is 2.41. The smallest absolute Gasteiger partial charge is 0.265 e. The number of hydrogen-bond donors (Lipinski definition) is 2. The molecule has 1 aliphatic carbocycles. The van der Waals surface area contributed by atoms with Crippen LogP contribution in [0.2, 0.25) is 0 Å². The molecule has 0 aromatic heterocycles. The van der Waals surface area contributed by atoms with Crippen molar-refractivity contribution in [3.05, 3.63) is 35.4 Å². The molecule has 0 atom stereocenters. The molecule has 2 rings (SSSR count). The fraction of sp³-hybridized carbons (Fsp3) is 0.500. The molecule has 1 fully saturated rings. The quantitative estimate of drug-likeness (QED) is 0.488. The topological polar surface area (TPSA) is 55.1 Å². The van der Waals surface area contributed by atoms with Gasteiger partial charge in [0.15, 0.2) is 0 Å². The third kappa shape index (κ3) is 3.75. The Labute approximate surface area is 112 Å². The number of thioether (sulfide) groups is 1. The normalized spacial score (nSPS) is 15.8. The Bertz CT molecular complexity index is 403. The Morgan fingerprint density at radius 3 is 2.89 bits per heavy atom. The van der Waals surface area contributed by atoms with E-state index in [1.165, 1.54) is 37.0 Å². The number of rotatable bonds is 5. The van der Waals surface area contributed by atoms with Gasteiger partial charge in [-0.1, -0.05) is 25.0 Å². The predicted molar refractivity (Wildman–Crippen MR) is 76.2 cm³/mol. The molecule has 4 heteroatoms. The van der Waals surface area contributed by atoms with E-state index in [0.29, 0.717) is 5.56 Å². The second kappa shape index (κ2) is 6.81. The lowest BCUT2D eigenvalue weighted by Crippen LogP contribution is -2.29. The zero-order chi connectivity index (χ0) is 12.8. The van der Waals surface area contributed by atoms with E-state index in [2.05, 4.69) is 11.5 Å². The maximum Gasteiger partial charge on any atom is 0.265 e. The minimum Gasteiger partial charge on any atom is -0.290 e. The molecule has 1 aromatic carbocycles. The number of amides is 1. The molecule has 1 aromatic rings. The molecule has 0 aliphatic heterocycles. The van der Waals surface area contributed by atoms with Gasteiger partial charge in [-0.15, -0.1) is 0 Å². The molecule has 0 saturated heterocycles. The van der Waals surface area contributed by atoms with Gasteiger partial charge in [0.05, 0.1) is 0 Å². The van der Waals surface area contributed by atoms with Gasteiger partial charge in [-0.2, -0.15) is 11.8 Å². The van der Waals surface area contributed by atoms with Crippen molar-refractivity contribution in [3.63, 3.8) is 0 Å². The molecule has 1 amide bonds. The Kier molecular flexibility index (Phi) is 5.08. The van der Waals surface area contributed by atoms with E-state index in [4.69, 9.17) is 5.84 Å². The highest BCUT2D eigenvalue weighted by atomic mass is 32.2. The van der Waals surface area contributed by atoms with E-state index in [1.807, 2.05) is 23.9 Å². The summed E-state index contributed by atoms with van der Waals surface area (Å²) < 4.78 is 0. The fourth-order valence-corrected chi connectivity index (χ4v) is 3.61. The minimum atomic E-state index is -0.224. The Hall–Kier alpha value is -1.00. The summed E-state index contributed by atoms with van der Waals surface area (Å²) in [5, 5.41) is 0. The molecule has 98 valence electrons. The number of nitrogen functional groups attached to an aromatic ring is 1. The summed E-state index contributed by atoms with van der Waals surface area (Å²) in [5.74, 6) is 8.03. The van der Waals surface area contributed by atoms with Crippen molar-refractivity contribution < 1.29 is 4.79 Å². The van der Waals surface area contributed by atoms with E-state index >= 15 is 0 Å². The van der Waals surface area contributed by atoms with E-state index < -0.39 is 0 Å². The van der Waals surface area contributed by atoms with Gasteiger partial charge in [0, 0.05) is 11.3 Å². The molecule has 3 nitrogen and oxygen atoms in total. The first kappa shape index (κ1) is 13.4. The van der Waals surface area contributed by atoms with Crippen molar-refractivity contribution in [2.45, 2.75) is 31.4 Å². The molecule has 0 bridgehead atoms. The van der Waals surface area contributed by atoms with Gasteiger partial charge < -0.3 is 0 Å². The molecule has 0 heterocycles. The number of hydrogen-bond acceptors (Lipinski definition) is 3. The van der Waals surface area contributed by atoms with E-state index in [1.54, 1.807) is 6.07 Å². The van der Waals surface area contributed by atoms with Crippen LogP contribution < -0.4 is 11.3 Å². The Morgan fingerprint density at radius 2 is 2.17 bits per heavy atom. The molecule has 0 radical (unpaired) electrons. The van der Waals surface area contributed by atoms with Crippen LogP contribution in [0, 0.1) is 5.92 Å². The molecular weight excluding hydrogens is 244 g/mol. The number of carbonyl (C=O) groups excluding carboxylic acids is 1. The van der Waals surface area contributed by atoms with Crippen molar-refractivity contribution in [3.8, 4) is 0 Å². The zero-order valence-electron chi connectivity index (χ0n) is 10.5. The lowest BCUT2D eigenvalue weighted by molar-refractivity contribution is 0.0953. The van der Waals surface area contributed by atoms with Crippen molar-refractivity contribution in [2.24, 2.45) is 11.8 Å². The molecule has 18 heavy (non-hydrogen) atoms. The second-order valence-corrected chi connectivity index (χ2v) is 5.87. The second-order valence-electron chi connectivity index (χ2n) is 4.84. The van der Waals surface area contributed by atoms with Crippen LogP contribution in [0.5, 0.6) is 0 Å². The van der Waals surface area contributed by atoms with E-state index in [0.717, 1.165) is 11.7 Å². The molecule has 0 spiro atoms. The summed E-state index contributed by atoms with van der Waals surface area (Å²) in [5.41, 5.74) is 3.99. The van der Waals surface area contributed by atoms with Gasteiger partial charge in [-0.3, -0.25) is 10.2 Å². The van der Waals surface area contributed by atoms with Crippen LogP contribution >= 0.6 is 11.8 Å². The number of nitrogens with two attached hydrogens (primary N) is 1. The first-order valence-electron chi connectivity index (χ1n) is 6.47. The van der Waals surface area contributed by atoms with Gasteiger partial charge >= 0.3 is 0 Å². The van der Waals surface area contributed by atoms with Crippen molar-refractivity contribution >= 4 is 17.7 Å². The largest absolute Gasteiger partial charge is 0.290 e. The molecule has 0 unspecified atom stereocenters. The first-order chi connectivity index (χ1) is 8.79. The molecule has 1 aliphatic rings. The third-order valence-corrected chi connectivity index (χ3v) is 4.66. The summed E-state index contributed by atoms with van der Waals surface area (Å²) in [7, 11) is 0. The number of nitrogens with one attached hydrogen (secondary N) is 1. The van der Waals surface area contributed by atoms with Crippen LogP contribution in [0.1, 0.15) is 41.6 Å². The van der Waals surface area contributed by atoms with Gasteiger partial charge in [0.25, 0.3) is 5.91 Å². The average Bonchev–Trinajstić information content (AvgIpc) is 2.91. The lowest BCUT2D eigenvalue weighted by Gasteiger charge is -2.08. The van der Waals surface area contributed by atoms with Crippen molar-refractivity contribution in [1.82, 2.24) is 5.43 Å². The van der Waals surface area contributed by atoms with Crippen LogP contribution in [-0.2, 0) is 5.75 Å². The Morgan fingerprint density at radius 1 is 1.39 bits per heavy atom. The Balaban J connectivity index is 1.83. The van der Waals surface area contributed by atoms with E-state index in [-0.39, 0.29) is 5.91 Å². The van der Waals surface area contributed by atoms with Gasteiger partial charge in [-0.25, -0.2) is 5.84 Å². The highest BCUT2D eigenvalue weighted by Crippen LogP contribution is 2.29. The summed E-state index contributed by atoms with van der Waals surface area (Å²) in [6, 6.07) is 7.68. The summed E-state index contributed by atoms with van der Waals surface area (Å²) in [6.45, 7) is 0. The highest BCUT2D eigenvalue weighted by Gasteiger charge is 2.14. The van der Waals surface area contributed by atoms with Crippen LogP contribution in [0.4, 0.5) is 0 Å². The maximum absolute atomic E-state index is 11.4. The average molecular weight is 264 g/mol. The predicted octanol–water partition coefficient (Wildman–Crippen LogP) is 2.71. The number of carbonyl (C=O) groups is 1. The van der Waals surface area contributed by atoms with Gasteiger partial charge in [0.2, 0.25) is 0 Å². The van der Waals surface area contributed by atoms with Crippen LogP contribution in [-0.4, -0.2) is 11.7 Å². The number of hydrazine groups is 1. The van der Waals surface area contributed by atoms with Crippen LogP contribution in [0.15, 0.2) is 24.3 Å². The third-order valence-electron chi connectivity index (χ3n) is 3.42. The standard InChI is InChI=1S/C14H20N2OS/c15-16-14(17)13-7-3-6-12(8-13)10-18-9-11-4-1-2-5-11/h3,6-8,11H,1-2,4-5,9-10,15H2,(H,16,17). The first-order valence-corrected chi connectivity index (χ1v) is 7.62. The van der Waals surface area contributed by atoms with E-state index in [9.17, 15) is 4.79 Å². The SMILES string of the molecule is NNC(=O)c1cccc(CSCC2CCCC2)c1. The van der Waals surface area contributed by atoms with Crippen LogP contribution in [0.25, 0.3) is 0 Å². The van der Waals surface area contributed by atoms with Gasteiger partial charge in [0.1, 0.15) is 0 Å². The zero-order valence-corrected chi connectivity index (χ0v) is 11.3. The summed E-state index contributed by atoms with van der Waals surface area (Å²) in [6.07, 6.45) is 5.58. The lowest BCUT2D eigenvalue weighted by atomic mass is 10.1. The molecule has 1 saturated carbocycles. The summed E-state index contributed by atoms with van der Waals surface area (Å²) in [4.78, 5) is 11.4. The maximum atomic E-state index is 11.4. The molecular formula is C14H20N2OS. The summed E-state index contributed by atoms with van der Waals surface area (Å²) >= 11 is 1.97. The minimum absolute atomic E-state index is 0.224. The highest BCUT2D eigenvalue weighted by molar-refractivity contribution is 7.98. The van der Waals surface area contributed by atoms with Gasteiger partial charge in [-0.05, 0) is 42.2 Å². The number of benzene rings is 1.